The molecule has 0 saturated heterocycles. The summed E-state index contributed by atoms with van der Waals surface area (Å²) in [6.07, 6.45) is -4.66. The van der Waals surface area contributed by atoms with Crippen molar-refractivity contribution in [3.63, 3.8) is 0 Å². The van der Waals surface area contributed by atoms with Gasteiger partial charge in [0, 0.05) is 12.7 Å². The molecule has 2 rings (SSSR count). The maximum absolute atomic E-state index is 13.1. The van der Waals surface area contributed by atoms with Crippen LogP contribution in [0, 0.1) is 25.2 Å². The highest BCUT2D eigenvalue weighted by molar-refractivity contribution is 8.00. The second-order valence-corrected chi connectivity index (χ2v) is 6.62. The van der Waals surface area contributed by atoms with Gasteiger partial charge in [0.2, 0.25) is 5.91 Å². The lowest BCUT2D eigenvalue weighted by molar-refractivity contribution is -0.138. The first kappa shape index (κ1) is 19.8. The number of carbonyl (C=O) groups is 1. The molecular formula is C17H16F3N3O2S. The van der Waals surface area contributed by atoms with Gasteiger partial charge in [0.1, 0.15) is 22.6 Å². The summed E-state index contributed by atoms with van der Waals surface area (Å²) in [5.41, 5.74) is -1.47. The molecule has 2 heterocycles. The Hall–Kier alpha value is -2.47. The van der Waals surface area contributed by atoms with Crippen molar-refractivity contribution < 1.29 is 22.4 Å². The number of aromatic nitrogens is 1. The van der Waals surface area contributed by atoms with Gasteiger partial charge >= 0.3 is 6.18 Å². The van der Waals surface area contributed by atoms with Crippen LogP contribution in [0.15, 0.2) is 27.6 Å². The lowest BCUT2D eigenvalue weighted by atomic mass is 10.1. The number of nitriles is 1. The standard InChI is InChI=1S/C17H16F3N3O2S/c1-10-6-14(17(18,19)20)13(7-21)16(22-10)26-9-15(24)23(3)8-12-5-4-11(2)25-12/h4-6H,8-9H2,1-3H3. The first-order valence-corrected chi connectivity index (χ1v) is 8.51. The van der Waals surface area contributed by atoms with Gasteiger partial charge in [0.15, 0.2) is 0 Å². The maximum Gasteiger partial charge on any atom is 0.417 e. The molecule has 5 nitrogen and oxygen atoms in total. The number of halogens is 3. The van der Waals surface area contributed by atoms with Crippen molar-refractivity contribution in [2.75, 3.05) is 12.8 Å². The Labute approximate surface area is 152 Å². The van der Waals surface area contributed by atoms with Gasteiger partial charge in [-0.15, -0.1) is 0 Å². The molecule has 0 spiro atoms. The molecular weight excluding hydrogens is 367 g/mol. The van der Waals surface area contributed by atoms with Crippen LogP contribution in [0.5, 0.6) is 0 Å². The number of alkyl halides is 3. The zero-order valence-corrected chi connectivity index (χ0v) is 15.2. The Kier molecular flexibility index (Phi) is 5.97. The van der Waals surface area contributed by atoms with E-state index in [1.54, 1.807) is 32.2 Å². The molecule has 2 aromatic rings. The number of pyridine rings is 1. The minimum absolute atomic E-state index is 0.101. The van der Waals surface area contributed by atoms with Gasteiger partial charge in [-0.2, -0.15) is 18.4 Å². The molecule has 26 heavy (non-hydrogen) atoms. The van der Waals surface area contributed by atoms with Crippen LogP contribution in [0.25, 0.3) is 0 Å². The first-order valence-electron chi connectivity index (χ1n) is 7.53. The number of hydrogen-bond donors (Lipinski definition) is 0. The Morgan fingerprint density at radius 3 is 2.62 bits per heavy atom. The number of amides is 1. The largest absolute Gasteiger partial charge is 0.464 e. The number of rotatable bonds is 5. The number of thioether (sulfide) groups is 1. The van der Waals surface area contributed by atoms with Crippen molar-refractivity contribution in [1.82, 2.24) is 9.88 Å². The maximum atomic E-state index is 13.1. The van der Waals surface area contributed by atoms with Gasteiger partial charge in [-0.25, -0.2) is 4.98 Å². The number of hydrogen-bond acceptors (Lipinski definition) is 5. The molecule has 0 atom stereocenters. The van der Waals surface area contributed by atoms with Crippen LogP contribution in [-0.2, 0) is 17.5 Å². The van der Waals surface area contributed by atoms with Crippen molar-refractivity contribution in [3.05, 3.63) is 46.5 Å². The van der Waals surface area contributed by atoms with Gasteiger partial charge in [-0.05, 0) is 32.0 Å². The molecule has 138 valence electrons. The Morgan fingerprint density at radius 1 is 1.38 bits per heavy atom. The lowest BCUT2D eigenvalue weighted by Gasteiger charge is -2.16. The summed E-state index contributed by atoms with van der Waals surface area (Å²) in [7, 11) is 1.57. The van der Waals surface area contributed by atoms with E-state index < -0.39 is 17.3 Å². The van der Waals surface area contributed by atoms with Crippen LogP contribution >= 0.6 is 11.8 Å². The lowest BCUT2D eigenvalue weighted by Crippen LogP contribution is -2.27. The van der Waals surface area contributed by atoms with E-state index in [0.717, 1.165) is 23.6 Å². The highest BCUT2D eigenvalue weighted by Crippen LogP contribution is 2.35. The molecule has 0 unspecified atom stereocenters. The van der Waals surface area contributed by atoms with Gasteiger partial charge < -0.3 is 9.32 Å². The monoisotopic (exact) mass is 383 g/mol. The third-order valence-electron chi connectivity index (χ3n) is 3.48. The highest BCUT2D eigenvalue weighted by Gasteiger charge is 2.35. The van der Waals surface area contributed by atoms with Crippen LogP contribution in [0.1, 0.15) is 28.3 Å². The van der Waals surface area contributed by atoms with E-state index in [1.165, 1.54) is 11.8 Å². The first-order chi connectivity index (χ1) is 12.1. The fourth-order valence-electron chi connectivity index (χ4n) is 2.21. The van der Waals surface area contributed by atoms with Crippen LogP contribution in [0.2, 0.25) is 0 Å². The summed E-state index contributed by atoms with van der Waals surface area (Å²) in [5, 5.41) is 9.01. The summed E-state index contributed by atoms with van der Waals surface area (Å²) in [6, 6.07) is 5.90. The van der Waals surface area contributed by atoms with E-state index in [0.29, 0.717) is 5.76 Å². The highest BCUT2D eigenvalue weighted by atomic mass is 32.2. The average molecular weight is 383 g/mol. The van der Waals surface area contributed by atoms with E-state index in [1.807, 2.05) is 0 Å². The molecule has 2 aromatic heterocycles. The summed E-state index contributed by atoms with van der Waals surface area (Å²) in [5.74, 6) is 0.870. The SMILES string of the molecule is Cc1cc(C(F)(F)F)c(C#N)c(SCC(=O)N(C)Cc2ccc(C)o2)n1. The van der Waals surface area contributed by atoms with Gasteiger partial charge in [0.25, 0.3) is 0 Å². The van der Waals surface area contributed by atoms with E-state index >= 15 is 0 Å². The Balaban J connectivity index is 2.12. The summed E-state index contributed by atoms with van der Waals surface area (Å²) in [6.45, 7) is 3.44. The summed E-state index contributed by atoms with van der Waals surface area (Å²) >= 11 is 0.813. The smallest absolute Gasteiger partial charge is 0.417 e. The van der Waals surface area contributed by atoms with E-state index in [9.17, 15) is 18.0 Å². The summed E-state index contributed by atoms with van der Waals surface area (Å²) < 4.78 is 44.7. The third-order valence-corrected chi connectivity index (χ3v) is 4.44. The van der Waals surface area contributed by atoms with Crippen LogP contribution < -0.4 is 0 Å². The minimum atomic E-state index is -4.66. The van der Waals surface area contributed by atoms with Crippen LogP contribution in [0.4, 0.5) is 13.2 Å². The molecule has 0 N–H and O–H groups in total. The molecule has 0 aliphatic rings. The second-order valence-electron chi connectivity index (χ2n) is 5.65. The topological polar surface area (TPSA) is 70.1 Å². The Morgan fingerprint density at radius 2 is 2.08 bits per heavy atom. The quantitative estimate of drug-likeness (QED) is 0.732. The molecule has 0 fully saturated rings. The fraction of sp³-hybridized carbons (Fsp3) is 0.353. The summed E-state index contributed by atoms with van der Waals surface area (Å²) in [4.78, 5) is 17.6. The zero-order chi connectivity index (χ0) is 19.5. The van der Waals surface area contributed by atoms with Crippen LogP contribution in [-0.4, -0.2) is 28.6 Å². The van der Waals surface area contributed by atoms with E-state index in [-0.39, 0.29) is 28.9 Å². The Bertz CT molecular complexity index is 856. The van der Waals surface area contributed by atoms with Crippen molar-refractivity contribution in [3.8, 4) is 6.07 Å². The van der Waals surface area contributed by atoms with Crippen molar-refractivity contribution >= 4 is 17.7 Å². The second kappa shape index (κ2) is 7.83. The molecule has 9 heteroatoms. The van der Waals surface area contributed by atoms with Crippen molar-refractivity contribution in [1.29, 1.82) is 5.26 Å². The predicted molar refractivity (Wildman–Crippen MR) is 89.3 cm³/mol. The van der Waals surface area contributed by atoms with Gasteiger partial charge in [-0.3, -0.25) is 4.79 Å². The molecule has 1 amide bonds. The molecule has 0 aliphatic carbocycles. The van der Waals surface area contributed by atoms with Gasteiger partial charge in [-0.1, -0.05) is 11.8 Å². The molecule has 0 aliphatic heterocycles. The average Bonchev–Trinajstić information content (AvgIpc) is 2.96. The molecule has 0 radical (unpaired) electrons. The zero-order valence-electron chi connectivity index (χ0n) is 14.3. The van der Waals surface area contributed by atoms with Crippen molar-refractivity contribution in [2.45, 2.75) is 31.6 Å². The van der Waals surface area contributed by atoms with Gasteiger partial charge in [0.05, 0.1) is 23.4 Å². The van der Waals surface area contributed by atoms with Crippen LogP contribution in [0.3, 0.4) is 0 Å². The van der Waals surface area contributed by atoms with Crippen molar-refractivity contribution in [2.24, 2.45) is 0 Å². The number of nitrogens with zero attached hydrogens (tertiary/aromatic N) is 3. The number of carbonyl (C=O) groups excluding carboxylic acids is 1. The van der Waals surface area contributed by atoms with E-state index in [4.69, 9.17) is 9.68 Å². The minimum Gasteiger partial charge on any atom is -0.464 e. The third kappa shape index (κ3) is 4.79. The number of aryl methyl sites for hydroxylation is 2. The molecule has 0 saturated carbocycles. The normalized spacial score (nSPS) is 11.3. The number of furan rings is 1. The van der Waals surface area contributed by atoms with E-state index in [2.05, 4.69) is 4.98 Å². The molecule has 0 aromatic carbocycles. The predicted octanol–water partition coefficient (Wildman–Crippen LogP) is 3.93. The fourth-order valence-corrected chi connectivity index (χ4v) is 3.20. The molecule has 0 bridgehead atoms.